The van der Waals surface area contributed by atoms with Gasteiger partial charge < -0.3 is 10.0 Å². The molecule has 2 nitrogen and oxygen atoms in total. The number of hydrogen-bond acceptors (Lipinski definition) is 2. The van der Waals surface area contributed by atoms with Crippen molar-refractivity contribution in [1.82, 2.24) is 4.90 Å². The maximum absolute atomic E-state index is 9.28. The largest absolute Gasteiger partial charge is 0.392 e. The lowest BCUT2D eigenvalue weighted by molar-refractivity contribution is 0.121. The van der Waals surface area contributed by atoms with Gasteiger partial charge in [0.05, 0.1) is 6.10 Å². The number of rotatable bonds is 3. The Morgan fingerprint density at radius 1 is 1.40 bits per heavy atom. The van der Waals surface area contributed by atoms with Crippen LogP contribution in [-0.2, 0) is 0 Å². The Balaban J connectivity index is 2.11. The predicted octanol–water partition coefficient (Wildman–Crippen LogP) is 0.853. The van der Waals surface area contributed by atoms with Crippen molar-refractivity contribution in [3.63, 3.8) is 0 Å². The Hall–Kier alpha value is -0.0800. The van der Waals surface area contributed by atoms with Crippen molar-refractivity contribution in [1.29, 1.82) is 0 Å². The van der Waals surface area contributed by atoms with E-state index in [1.54, 1.807) is 0 Å². The molecule has 2 heteroatoms. The van der Waals surface area contributed by atoms with Crippen LogP contribution >= 0.6 is 0 Å². The molecule has 1 N–H and O–H groups in total. The van der Waals surface area contributed by atoms with Crippen LogP contribution in [0.1, 0.15) is 26.2 Å². The second-order valence-electron chi connectivity index (χ2n) is 3.07. The van der Waals surface area contributed by atoms with Crippen LogP contribution in [0, 0.1) is 0 Å². The van der Waals surface area contributed by atoms with Gasteiger partial charge in [0.2, 0.25) is 0 Å². The molecular formula is C8H17NO. The first kappa shape index (κ1) is 8.02. The second-order valence-corrected chi connectivity index (χ2v) is 3.07. The zero-order valence-corrected chi connectivity index (χ0v) is 6.71. The fourth-order valence-electron chi connectivity index (χ4n) is 1.39. The fourth-order valence-corrected chi connectivity index (χ4v) is 1.39. The van der Waals surface area contributed by atoms with E-state index in [1.807, 2.05) is 6.92 Å². The van der Waals surface area contributed by atoms with Crippen LogP contribution in [0.4, 0.5) is 0 Å². The Kier molecular flexibility index (Phi) is 3.16. The number of aliphatic hydroxyl groups is 1. The van der Waals surface area contributed by atoms with Gasteiger partial charge in [0.1, 0.15) is 0 Å². The first-order chi connectivity index (χ1) is 4.83. The van der Waals surface area contributed by atoms with E-state index in [1.165, 1.54) is 25.9 Å². The molecule has 1 fully saturated rings. The molecule has 1 rings (SSSR count). The lowest BCUT2D eigenvalue weighted by Gasteiger charge is -2.17. The van der Waals surface area contributed by atoms with E-state index in [-0.39, 0.29) is 6.10 Å². The van der Waals surface area contributed by atoms with Gasteiger partial charge in [0.25, 0.3) is 0 Å². The van der Waals surface area contributed by atoms with E-state index < -0.39 is 0 Å². The maximum Gasteiger partial charge on any atom is 0.0664 e. The SMILES string of the molecule is CC[C@H](O)CN1CCCC1. The van der Waals surface area contributed by atoms with E-state index >= 15 is 0 Å². The summed E-state index contributed by atoms with van der Waals surface area (Å²) >= 11 is 0. The molecule has 0 aromatic rings. The summed E-state index contributed by atoms with van der Waals surface area (Å²) in [6.45, 7) is 5.30. The van der Waals surface area contributed by atoms with Gasteiger partial charge >= 0.3 is 0 Å². The molecule has 1 saturated heterocycles. The summed E-state index contributed by atoms with van der Waals surface area (Å²) in [7, 11) is 0. The van der Waals surface area contributed by atoms with Gasteiger partial charge in [0.15, 0.2) is 0 Å². The molecule has 0 aliphatic carbocycles. The summed E-state index contributed by atoms with van der Waals surface area (Å²) in [5.41, 5.74) is 0. The van der Waals surface area contributed by atoms with Crippen LogP contribution < -0.4 is 0 Å². The molecule has 1 atom stereocenters. The Morgan fingerprint density at radius 3 is 2.50 bits per heavy atom. The zero-order chi connectivity index (χ0) is 7.40. The summed E-state index contributed by atoms with van der Waals surface area (Å²) in [6.07, 6.45) is 3.42. The Bertz CT molecular complexity index is 89.3. The van der Waals surface area contributed by atoms with E-state index in [4.69, 9.17) is 0 Å². The number of β-amino-alcohol motifs (C(OH)–C–C–N with tert-alkyl or cyclic N) is 1. The summed E-state index contributed by atoms with van der Waals surface area (Å²) in [4.78, 5) is 2.34. The van der Waals surface area contributed by atoms with Crippen molar-refractivity contribution in [2.75, 3.05) is 19.6 Å². The first-order valence-corrected chi connectivity index (χ1v) is 4.23. The topological polar surface area (TPSA) is 23.5 Å². The minimum Gasteiger partial charge on any atom is -0.392 e. The van der Waals surface area contributed by atoms with Crippen LogP contribution in [0.5, 0.6) is 0 Å². The smallest absolute Gasteiger partial charge is 0.0664 e. The average Bonchev–Trinajstić information content (AvgIpc) is 2.40. The van der Waals surface area contributed by atoms with Gasteiger partial charge in [-0.3, -0.25) is 0 Å². The molecule has 1 heterocycles. The van der Waals surface area contributed by atoms with Crippen LogP contribution in [0.2, 0.25) is 0 Å². The van der Waals surface area contributed by atoms with Crippen molar-refractivity contribution < 1.29 is 5.11 Å². The lowest BCUT2D eigenvalue weighted by Crippen LogP contribution is -2.29. The molecule has 1 aliphatic rings. The highest BCUT2D eigenvalue weighted by molar-refractivity contribution is 4.68. The lowest BCUT2D eigenvalue weighted by atomic mass is 10.3. The van der Waals surface area contributed by atoms with Crippen molar-refractivity contribution >= 4 is 0 Å². The number of nitrogens with zero attached hydrogens (tertiary/aromatic N) is 1. The van der Waals surface area contributed by atoms with Gasteiger partial charge in [-0.15, -0.1) is 0 Å². The van der Waals surface area contributed by atoms with E-state index in [0.29, 0.717) is 0 Å². The van der Waals surface area contributed by atoms with E-state index in [9.17, 15) is 5.11 Å². The molecule has 0 radical (unpaired) electrons. The molecule has 60 valence electrons. The average molecular weight is 143 g/mol. The number of likely N-dealkylation sites (tertiary alicyclic amines) is 1. The normalized spacial score (nSPS) is 23.4. The third-order valence-electron chi connectivity index (χ3n) is 2.14. The van der Waals surface area contributed by atoms with Gasteiger partial charge in [-0.05, 0) is 32.4 Å². The molecule has 0 amide bonds. The second kappa shape index (κ2) is 3.94. The molecule has 0 spiro atoms. The highest BCUT2D eigenvalue weighted by Crippen LogP contribution is 2.08. The predicted molar refractivity (Wildman–Crippen MR) is 42.0 cm³/mol. The Labute approximate surface area is 62.8 Å². The summed E-state index contributed by atoms with van der Waals surface area (Å²) in [5, 5.41) is 9.28. The van der Waals surface area contributed by atoms with Gasteiger partial charge in [-0.25, -0.2) is 0 Å². The van der Waals surface area contributed by atoms with Crippen LogP contribution in [0.3, 0.4) is 0 Å². The minimum atomic E-state index is -0.0990. The van der Waals surface area contributed by atoms with Crippen molar-refractivity contribution in [2.45, 2.75) is 32.3 Å². The fraction of sp³-hybridized carbons (Fsp3) is 1.00. The third-order valence-corrected chi connectivity index (χ3v) is 2.14. The van der Waals surface area contributed by atoms with Crippen molar-refractivity contribution in [2.24, 2.45) is 0 Å². The molecule has 0 bridgehead atoms. The number of hydrogen-bond donors (Lipinski definition) is 1. The molecule has 1 aliphatic heterocycles. The summed E-state index contributed by atoms with van der Waals surface area (Å²) in [6, 6.07) is 0. The van der Waals surface area contributed by atoms with Crippen LogP contribution in [-0.4, -0.2) is 35.7 Å². The highest BCUT2D eigenvalue weighted by atomic mass is 16.3. The molecule has 0 unspecified atom stereocenters. The van der Waals surface area contributed by atoms with Crippen molar-refractivity contribution in [3.8, 4) is 0 Å². The third kappa shape index (κ3) is 2.27. The Morgan fingerprint density at radius 2 is 2.00 bits per heavy atom. The van der Waals surface area contributed by atoms with E-state index in [2.05, 4.69) is 4.90 Å². The summed E-state index contributed by atoms with van der Waals surface area (Å²) in [5.74, 6) is 0. The number of aliphatic hydroxyl groups excluding tert-OH is 1. The van der Waals surface area contributed by atoms with Gasteiger partial charge in [0, 0.05) is 6.54 Å². The monoisotopic (exact) mass is 143 g/mol. The maximum atomic E-state index is 9.28. The molecule has 10 heavy (non-hydrogen) atoms. The van der Waals surface area contributed by atoms with Gasteiger partial charge in [-0.1, -0.05) is 6.92 Å². The van der Waals surface area contributed by atoms with Crippen LogP contribution in [0.15, 0.2) is 0 Å². The molecule has 0 aromatic heterocycles. The minimum absolute atomic E-state index is 0.0990. The first-order valence-electron chi connectivity index (χ1n) is 4.23. The highest BCUT2D eigenvalue weighted by Gasteiger charge is 2.13. The van der Waals surface area contributed by atoms with E-state index in [0.717, 1.165) is 13.0 Å². The van der Waals surface area contributed by atoms with Crippen molar-refractivity contribution in [3.05, 3.63) is 0 Å². The van der Waals surface area contributed by atoms with Crippen LogP contribution in [0.25, 0.3) is 0 Å². The molecular weight excluding hydrogens is 126 g/mol. The summed E-state index contributed by atoms with van der Waals surface area (Å²) < 4.78 is 0. The van der Waals surface area contributed by atoms with Gasteiger partial charge in [-0.2, -0.15) is 0 Å². The zero-order valence-electron chi connectivity index (χ0n) is 6.71. The quantitative estimate of drug-likeness (QED) is 0.633. The molecule has 0 aromatic carbocycles. The standard InChI is InChI=1S/C8H17NO/c1-2-8(10)7-9-5-3-4-6-9/h8,10H,2-7H2,1H3/t8-/m0/s1. The molecule has 0 saturated carbocycles.